The minimum absolute atomic E-state index is 0.196. The molecule has 1 saturated carbocycles. The molecule has 2 heterocycles. The maximum atomic E-state index is 13.6. The highest BCUT2D eigenvalue weighted by atomic mass is 32.1. The number of carbonyl (C=O) groups is 3. The van der Waals surface area contributed by atoms with E-state index in [1.54, 1.807) is 11.3 Å². The molecule has 2 aliphatic rings. The van der Waals surface area contributed by atoms with E-state index in [1.165, 1.54) is 31.7 Å². The summed E-state index contributed by atoms with van der Waals surface area (Å²) in [4.78, 5) is 45.6. The van der Waals surface area contributed by atoms with Crippen LogP contribution in [0.3, 0.4) is 0 Å². The van der Waals surface area contributed by atoms with Crippen LogP contribution in [0, 0.1) is 5.92 Å². The van der Waals surface area contributed by atoms with Gasteiger partial charge in [-0.25, -0.2) is 4.98 Å². The topological polar surface area (TPSA) is 113 Å². The van der Waals surface area contributed by atoms with Crippen molar-refractivity contribution in [3.8, 4) is 0 Å². The van der Waals surface area contributed by atoms with Crippen LogP contribution in [0.5, 0.6) is 0 Å². The van der Waals surface area contributed by atoms with Gasteiger partial charge in [-0.1, -0.05) is 58.6 Å². The first-order valence-electron chi connectivity index (χ1n) is 15.4. The lowest BCUT2D eigenvalue weighted by molar-refractivity contribution is -0.128. The number of benzene rings is 1. The van der Waals surface area contributed by atoms with Crippen LogP contribution < -0.4 is 16.0 Å². The van der Waals surface area contributed by atoms with Crippen molar-refractivity contribution in [1.29, 1.82) is 0 Å². The minimum Gasteiger partial charge on any atom is -0.379 e. The number of hydrogen-bond donors (Lipinski definition) is 3. The fourth-order valence-electron chi connectivity index (χ4n) is 5.83. The number of nitrogens with one attached hydrogen (secondary N) is 3. The zero-order valence-electron chi connectivity index (χ0n) is 25.4. The van der Waals surface area contributed by atoms with Crippen molar-refractivity contribution in [3.63, 3.8) is 0 Å². The molecule has 230 valence electrons. The first-order valence-corrected chi connectivity index (χ1v) is 16.2. The van der Waals surface area contributed by atoms with Crippen LogP contribution in [0.1, 0.15) is 75.8 Å². The largest absolute Gasteiger partial charge is 0.379 e. The highest BCUT2D eigenvalue weighted by Gasteiger charge is 2.27. The van der Waals surface area contributed by atoms with Gasteiger partial charge < -0.3 is 20.7 Å². The Labute approximate surface area is 253 Å². The summed E-state index contributed by atoms with van der Waals surface area (Å²) in [6.45, 7) is 13.5. The number of carbonyl (C=O) groups excluding carboxylic acids is 3. The molecule has 1 saturated heterocycles. The highest BCUT2D eigenvalue weighted by Crippen LogP contribution is 2.28. The molecule has 4 rings (SSSR count). The zero-order chi connectivity index (χ0) is 30.1. The molecule has 42 heavy (non-hydrogen) atoms. The quantitative estimate of drug-likeness (QED) is 0.302. The van der Waals surface area contributed by atoms with Gasteiger partial charge in [0.05, 0.1) is 28.4 Å². The number of hydrogen-bond acceptors (Lipinski definition) is 7. The molecule has 0 spiro atoms. The predicted molar refractivity (Wildman–Crippen MR) is 168 cm³/mol. The standard InChI is InChI=1S/C32H47N5O4S/c1-21(2)25-10-11-27-29(17-25)42-30(36-27)18-28(34-23(4)38)32(40)35-26(16-24-8-6-5-7-9-24)19-33-31(39)22(3)20-37-12-14-41-15-13-37/h10-11,17,21,24,26,28H,3,5-9,12-16,18-20H2,1-2,4H3,(H,33,39)(H,34,38)(H,35,40)/t26-,28-/m0/s1. The van der Waals surface area contributed by atoms with Crippen molar-refractivity contribution in [2.45, 2.75) is 83.7 Å². The summed E-state index contributed by atoms with van der Waals surface area (Å²) in [6, 6.07) is 5.27. The smallest absolute Gasteiger partial charge is 0.247 e. The molecule has 0 unspecified atom stereocenters. The average Bonchev–Trinajstić information content (AvgIpc) is 3.37. The van der Waals surface area contributed by atoms with E-state index in [4.69, 9.17) is 9.72 Å². The Kier molecular flexibility index (Phi) is 11.9. The first-order chi connectivity index (χ1) is 20.2. The van der Waals surface area contributed by atoms with Crippen LogP contribution in [0.15, 0.2) is 30.4 Å². The van der Waals surface area contributed by atoms with Crippen LogP contribution >= 0.6 is 11.3 Å². The number of fused-ring (bicyclic) bond motifs is 1. The molecule has 3 N–H and O–H groups in total. The summed E-state index contributed by atoms with van der Waals surface area (Å²) in [5.41, 5.74) is 2.65. The van der Waals surface area contributed by atoms with E-state index in [2.05, 4.69) is 53.4 Å². The maximum absolute atomic E-state index is 13.6. The van der Waals surface area contributed by atoms with Gasteiger partial charge in [0.15, 0.2) is 0 Å². The van der Waals surface area contributed by atoms with Crippen LogP contribution in [0.2, 0.25) is 0 Å². The number of aromatic nitrogens is 1. The molecule has 2 atom stereocenters. The molecule has 3 amide bonds. The Morgan fingerprint density at radius 3 is 2.55 bits per heavy atom. The van der Waals surface area contributed by atoms with Gasteiger partial charge in [0.1, 0.15) is 6.04 Å². The second-order valence-electron chi connectivity index (χ2n) is 12.1. The molecule has 2 aromatic rings. The van der Waals surface area contributed by atoms with Gasteiger partial charge in [-0.2, -0.15) is 0 Å². The summed E-state index contributed by atoms with van der Waals surface area (Å²) in [5.74, 6) is 0.189. The van der Waals surface area contributed by atoms with Gasteiger partial charge in [0.2, 0.25) is 17.7 Å². The van der Waals surface area contributed by atoms with Crippen LogP contribution in [-0.2, 0) is 25.5 Å². The monoisotopic (exact) mass is 597 g/mol. The van der Waals surface area contributed by atoms with Gasteiger partial charge in [-0.3, -0.25) is 19.3 Å². The fourth-order valence-corrected chi connectivity index (χ4v) is 6.89. The Morgan fingerprint density at radius 2 is 1.86 bits per heavy atom. The van der Waals surface area contributed by atoms with Gasteiger partial charge in [0.25, 0.3) is 0 Å². The molecule has 0 radical (unpaired) electrons. The van der Waals surface area contributed by atoms with E-state index in [9.17, 15) is 14.4 Å². The van der Waals surface area contributed by atoms with Gasteiger partial charge in [-0.05, 0) is 36.0 Å². The van der Waals surface area contributed by atoms with Crippen molar-refractivity contribution in [2.75, 3.05) is 39.4 Å². The van der Waals surface area contributed by atoms with E-state index in [0.29, 0.717) is 50.1 Å². The zero-order valence-corrected chi connectivity index (χ0v) is 26.2. The summed E-state index contributed by atoms with van der Waals surface area (Å²) in [6.07, 6.45) is 6.98. The van der Waals surface area contributed by atoms with Crippen molar-refractivity contribution >= 4 is 39.3 Å². The fraction of sp³-hybridized carbons (Fsp3) is 0.625. The third kappa shape index (κ3) is 9.61. The van der Waals surface area contributed by atoms with Crippen LogP contribution in [0.4, 0.5) is 0 Å². The highest BCUT2D eigenvalue weighted by molar-refractivity contribution is 7.18. The Hall–Kier alpha value is -2.82. The molecule has 2 fully saturated rings. The number of amides is 3. The van der Waals surface area contributed by atoms with Crippen molar-refractivity contribution in [1.82, 2.24) is 25.8 Å². The van der Waals surface area contributed by atoms with Crippen molar-refractivity contribution < 1.29 is 19.1 Å². The van der Waals surface area contributed by atoms with Gasteiger partial charge in [-0.15, -0.1) is 11.3 Å². The van der Waals surface area contributed by atoms with E-state index in [0.717, 1.165) is 47.6 Å². The van der Waals surface area contributed by atoms with Crippen molar-refractivity contribution in [3.05, 3.63) is 40.9 Å². The third-order valence-electron chi connectivity index (χ3n) is 8.23. The van der Waals surface area contributed by atoms with Crippen LogP contribution in [-0.4, -0.2) is 79.1 Å². The summed E-state index contributed by atoms with van der Waals surface area (Å²) >= 11 is 1.56. The second kappa shape index (κ2) is 15.6. The molecule has 1 aromatic heterocycles. The normalized spacial score (nSPS) is 18.0. The molecule has 1 aromatic carbocycles. The van der Waals surface area contributed by atoms with Gasteiger partial charge >= 0.3 is 0 Å². The molecule has 1 aliphatic heterocycles. The lowest BCUT2D eigenvalue weighted by Crippen LogP contribution is -2.53. The maximum Gasteiger partial charge on any atom is 0.247 e. The third-order valence-corrected chi connectivity index (χ3v) is 9.27. The van der Waals surface area contributed by atoms with E-state index in [-0.39, 0.29) is 23.8 Å². The Balaban J connectivity index is 1.41. The average molecular weight is 598 g/mol. The molecule has 0 bridgehead atoms. The number of nitrogens with zero attached hydrogens (tertiary/aromatic N) is 2. The SMILES string of the molecule is C=C(CN1CCOCC1)C(=O)NC[C@H](CC1CCCCC1)NC(=O)[C@H](Cc1nc2ccc(C(C)C)cc2s1)NC(C)=O. The number of thiazole rings is 1. The van der Waals surface area contributed by atoms with Gasteiger partial charge in [0, 0.05) is 51.1 Å². The van der Waals surface area contributed by atoms with Crippen molar-refractivity contribution in [2.24, 2.45) is 5.92 Å². The number of rotatable bonds is 13. The summed E-state index contributed by atoms with van der Waals surface area (Å²) < 4.78 is 6.47. The summed E-state index contributed by atoms with van der Waals surface area (Å²) in [5, 5.41) is 9.84. The summed E-state index contributed by atoms with van der Waals surface area (Å²) in [7, 11) is 0. The Bertz CT molecular complexity index is 1230. The van der Waals surface area contributed by atoms with Crippen LogP contribution in [0.25, 0.3) is 10.2 Å². The minimum atomic E-state index is -0.756. The molecule has 1 aliphatic carbocycles. The lowest BCUT2D eigenvalue weighted by Gasteiger charge is -2.29. The first kappa shape index (κ1) is 32.1. The van der Waals surface area contributed by atoms with E-state index < -0.39 is 6.04 Å². The Morgan fingerprint density at radius 1 is 1.12 bits per heavy atom. The molecule has 9 nitrogen and oxygen atoms in total. The molecular formula is C32H47N5O4S. The second-order valence-corrected chi connectivity index (χ2v) is 13.2. The lowest BCUT2D eigenvalue weighted by atomic mass is 9.84. The van der Waals surface area contributed by atoms with E-state index >= 15 is 0 Å². The number of ether oxygens (including phenoxy) is 1. The molecule has 10 heteroatoms. The number of morpholine rings is 1. The molecular weight excluding hydrogens is 550 g/mol. The van der Waals surface area contributed by atoms with E-state index in [1.807, 2.05) is 6.07 Å². The predicted octanol–water partition coefficient (Wildman–Crippen LogP) is 3.93.